The van der Waals surface area contributed by atoms with Crippen molar-refractivity contribution in [3.8, 4) is 11.3 Å². The minimum absolute atomic E-state index is 0.116. The topological polar surface area (TPSA) is 71.1 Å². The van der Waals surface area contributed by atoms with Gasteiger partial charge in [-0.3, -0.25) is 9.59 Å². The zero-order valence-corrected chi connectivity index (χ0v) is 16.4. The van der Waals surface area contributed by atoms with Crippen molar-refractivity contribution in [2.45, 2.75) is 26.3 Å². The molecule has 1 aromatic carbocycles. The number of halogens is 1. The van der Waals surface area contributed by atoms with Gasteiger partial charge in [0.25, 0.3) is 0 Å². The van der Waals surface area contributed by atoms with Crippen molar-refractivity contribution in [3.63, 3.8) is 0 Å². The number of aromatic nitrogens is 1. The van der Waals surface area contributed by atoms with E-state index < -0.39 is 0 Å². The number of rotatable bonds is 6. The average molecular weight is 404 g/mol. The number of nitrogens with zero attached hydrogens (tertiary/aromatic N) is 1. The summed E-state index contributed by atoms with van der Waals surface area (Å²) in [7, 11) is 0. The van der Waals surface area contributed by atoms with Gasteiger partial charge in [0.2, 0.25) is 11.8 Å². The number of hydrogen-bond acceptors (Lipinski definition) is 5. The molecule has 27 heavy (non-hydrogen) atoms. The number of thiazole rings is 1. The third kappa shape index (κ3) is 4.99. The molecule has 2 heterocycles. The monoisotopic (exact) mass is 403 g/mol. The van der Waals surface area contributed by atoms with Crippen molar-refractivity contribution >= 4 is 39.6 Å². The molecule has 0 fully saturated rings. The minimum Gasteiger partial charge on any atom is -0.348 e. The molecule has 140 valence electrons. The van der Waals surface area contributed by atoms with E-state index in [9.17, 15) is 14.0 Å². The molecule has 3 aromatic rings. The maximum Gasteiger partial charge on any atom is 0.228 e. The quantitative estimate of drug-likeness (QED) is 0.635. The summed E-state index contributed by atoms with van der Waals surface area (Å²) in [5.41, 5.74) is 1.51. The van der Waals surface area contributed by atoms with Gasteiger partial charge in [0, 0.05) is 22.2 Å². The Kier molecular flexibility index (Phi) is 5.98. The lowest BCUT2D eigenvalue weighted by Crippen LogP contribution is -2.29. The second-order valence-electron chi connectivity index (χ2n) is 5.95. The van der Waals surface area contributed by atoms with E-state index in [1.165, 1.54) is 41.7 Å². The number of aryl methyl sites for hydroxylation is 1. The van der Waals surface area contributed by atoms with Gasteiger partial charge in [-0.05, 0) is 42.6 Å². The fourth-order valence-corrected chi connectivity index (χ4v) is 4.27. The normalized spacial score (nSPS) is 11.8. The average Bonchev–Trinajstić information content (AvgIpc) is 3.24. The number of benzene rings is 1. The van der Waals surface area contributed by atoms with Gasteiger partial charge < -0.3 is 10.6 Å². The molecule has 0 aliphatic heterocycles. The number of carbonyl (C=O) groups excluding carboxylic acids is 2. The highest BCUT2D eigenvalue weighted by molar-refractivity contribution is 7.16. The third-order valence-electron chi connectivity index (χ3n) is 3.81. The van der Waals surface area contributed by atoms with Crippen molar-refractivity contribution in [3.05, 3.63) is 57.3 Å². The van der Waals surface area contributed by atoms with Crippen molar-refractivity contribution in [2.75, 3.05) is 5.32 Å². The molecule has 2 amide bonds. The fourth-order valence-electron chi connectivity index (χ4n) is 2.64. The Morgan fingerprint density at radius 2 is 1.96 bits per heavy atom. The first-order valence-electron chi connectivity index (χ1n) is 8.26. The van der Waals surface area contributed by atoms with Crippen molar-refractivity contribution in [1.82, 2.24) is 10.3 Å². The number of hydrogen-bond donors (Lipinski definition) is 2. The van der Waals surface area contributed by atoms with Crippen LogP contribution in [0.3, 0.4) is 0 Å². The molecule has 0 unspecified atom stereocenters. The van der Waals surface area contributed by atoms with E-state index in [1.54, 1.807) is 12.1 Å². The lowest BCUT2D eigenvalue weighted by atomic mass is 10.1. The molecule has 3 rings (SSSR count). The van der Waals surface area contributed by atoms with E-state index >= 15 is 0 Å². The van der Waals surface area contributed by atoms with Crippen LogP contribution in [0.1, 0.15) is 29.1 Å². The maximum atomic E-state index is 13.1. The van der Waals surface area contributed by atoms with Crippen molar-refractivity contribution < 1.29 is 14.0 Å². The van der Waals surface area contributed by atoms with Crippen molar-refractivity contribution in [2.24, 2.45) is 0 Å². The zero-order valence-electron chi connectivity index (χ0n) is 14.8. The van der Waals surface area contributed by atoms with Crippen molar-refractivity contribution in [1.29, 1.82) is 0 Å². The standard InChI is InChI=1S/C19H18FN3O2S2/c1-11-18(13-5-7-14(20)8-6-13)23-19(27-11)22-17(25)10-15(21-12(2)24)16-4-3-9-26-16/h3-9,15H,10H2,1-2H3,(H,21,24)(H,22,23,25)/t15-/m0/s1. The Hall–Kier alpha value is -2.58. The molecule has 0 aliphatic carbocycles. The molecule has 8 heteroatoms. The van der Waals surface area contributed by atoms with Gasteiger partial charge in [0.05, 0.1) is 18.2 Å². The SMILES string of the molecule is CC(=O)N[C@@H](CC(=O)Nc1nc(-c2ccc(F)cc2)c(C)s1)c1cccs1. The molecule has 0 saturated heterocycles. The van der Waals surface area contributed by atoms with Crippen LogP contribution in [0.5, 0.6) is 0 Å². The summed E-state index contributed by atoms with van der Waals surface area (Å²) >= 11 is 2.85. The van der Waals surface area contributed by atoms with Crippen LogP contribution in [0.25, 0.3) is 11.3 Å². The highest BCUT2D eigenvalue weighted by atomic mass is 32.1. The molecule has 1 atom stereocenters. The number of anilines is 1. The van der Waals surface area contributed by atoms with E-state index in [4.69, 9.17) is 0 Å². The first-order chi connectivity index (χ1) is 12.9. The largest absolute Gasteiger partial charge is 0.348 e. The predicted octanol–water partition coefficient (Wildman–Crippen LogP) is 4.53. The number of nitrogens with one attached hydrogen (secondary N) is 2. The number of thiophene rings is 1. The molecule has 0 bridgehead atoms. The summed E-state index contributed by atoms with van der Waals surface area (Å²) in [6, 6.07) is 9.47. The molecule has 5 nitrogen and oxygen atoms in total. The van der Waals surface area contributed by atoms with Crippen LogP contribution < -0.4 is 10.6 Å². The molecule has 0 saturated carbocycles. The number of carbonyl (C=O) groups is 2. The Bertz CT molecular complexity index is 937. The molecule has 2 aromatic heterocycles. The summed E-state index contributed by atoms with van der Waals surface area (Å²) in [5, 5.41) is 7.98. The summed E-state index contributed by atoms with van der Waals surface area (Å²) in [5.74, 6) is -0.732. The van der Waals surface area contributed by atoms with E-state index in [1.807, 2.05) is 24.4 Å². The molecular formula is C19H18FN3O2S2. The summed E-state index contributed by atoms with van der Waals surface area (Å²) in [4.78, 5) is 30.2. The van der Waals surface area contributed by atoms with E-state index in [-0.39, 0.29) is 30.1 Å². The molecule has 0 aliphatic rings. The maximum absolute atomic E-state index is 13.1. The van der Waals surface area contributed by atoms with Gasteiger partial charge in [0.1, 0.15) is 5.82 Å². The van der Waals surface area contributed by atoms with Gasteiger partial charge in [0.15, 0.2) is 5.13 Å². The Morgan fingerprint density at radius 3 is 2.59 bits per heavy atom. The van der Waals surface area contributed by atoms with Crippen LogP contribution >= 0.6 is 22.7 Å². The van der Waals surface area contributed by atoms with Crippen LogP contribution in [0, 0.1) is 12.7 Å². The lowest BCUT2D eigenvalue weighted by molar-refractivity contribution is -0.120. The van der Waals surface area contributed by atoms with E-state index in [0.29, 0.717) is 10.8 Å². The second-order valence-corrected chi connectivity index (χ2v) is 8.13. The molecule has 0 spiro atoms. The molecule has 2 N–H and O–H groups in total. The fraction of sp³-hybridized carbons (Fsp3) is 0.211. The molecular weight excluding hydrogens is 385 g/mol. The lowest BCUT2D eigenvalue weighted by Gasteiger charge is -2.15. The summed E-state index contributed by atoms with van der Waals surface area (Å²) < 4.78 is 13.1. The zero-order chi connectivity index (χ0) is 19.4. The van der Waals surface area contributed by atoms with Crippen LogP contribution in [0.4, 0.5) is 9.52 Å². The van der Waals surface area contributed by atoms with E-state index in [2.05, 4.69) is 15.6 Å². The van der Waals surface area contributed by atoms with E-state index in [0.717, 1.165) is 15.3 Å². The smallest absolute Gasteiger partial charge is 0.228 e. The van der Waals surface area contributed by atoms with Crippen LogP contribution in [0.2, 0.25) is 0 Å². The second kappa shape index (κ2) is 8.41. The highest BCUT2D eigenvalue weighted by Crippen LogP contribution is 2.31. The van der Waals surface area contributed by atoms with Gasteiger partial charge in [-0.15, -0.1) is 22.7 Å². The van der Waals surface area contributed by atoms with Gasteiger partial charge >= 0.3 is 0 Å². The van der Waals surface area contributed by atoms with Crippen LogP contribution in [0.15, 0.2) is 41.8 Å². The van der Waals surface area contributed by atoms with Crippen LogP contribution in [-0.2, 0) is 9.59 Å². The first kappa shape index (κ1) is 19.2. The van der Waals surface area contributed by atoms with Gasteiger partial charge in [-0.1, -0.05) is 6.07 Å². The molecule has 0 radical (unpaired) electrons. The minimum atomic E-state index is -0.375. The summed E-state index contributed by atoms with van der Waals surface area (Å²) in [6.45, 7) is 3.33. The van der Waals surface area contributed by atoms with Gasteiger partial charge in [-0.25, -0.2) is 9.37 Å². The summed E-state index contributed by atoms with van der Waals surface area (Å²) in [6.07, 6.45) is 0.116. The highest BCUT2D eigenvalue weighted by Gasteiger charge is 2.19. The Morgan fingerprint density at radius 1 is 1.22 bits per heavy atom. The van der Waals surface area contributed by atoms with Gasteiger partial charge in [-0.2, -0.15) is 0 Å². The first-order valence-corrected chi connectivity index (χ1v) is 9.95. The Balaban J connectivity index is 1.71. The third-order valence-corrected chi connectivity index (χ3v) is 5.69. The predicted molar refractivity (Wildman–Crippen MR) is 106 cm³/mol. The number of amides is 2. The Labute approximate surface area is 164 Å². The van der Waals surface area contributed by atoms with Crippen LogP contribution in [-0.4, -0.2) is 16.8 Å².